The Labute approximate surface area is 111 Å². The first kappa shape index (κ1) is 18.3. The molecule has 0 atom stereocenters. The highest BCUT2D eigenvalue weighted by Crippen LogP contribution is 2.49. The van der Waals surface area contributed by atoms with Crippen LogP contribution in [0, 0.1) is 0 Å². The summed E-state index contributed by atoms with van der Waals surface area (Å²) in [6, 6.07) is 0. The van der Waals surface area contributed by atoms with Crippen LogP contribution in [0.5, 0.6) is 0 Å². The van der Waals surface area contributed by atoms with Gasteiger partial charge in [0, 0.05) is 0 Å². The molecule has 14 heteroatoms. The van der Waals surface area contributed by atoms with Gasteiger partial charge < -0.3 is 0 Å². The molecule has 0 N–H and O–H groups in total. The molecule has 0 fully saturated rings. The summed E-state index contributed by atoms with van der Waals surface area (Å²) in [6.07, 6.45) is -25.0. The minimum absolute atomic E-state index is 1.64. The molecule has 0 unspecified atom stereocenters. The highest BCUT2D eigenvalue weighted by molar-refractivity contribution is 5.40. The zero-order valence-electron chi connectivity index (χ0n) is 9.43. The smallest absolute Gasteiger partial charge is 0.166 e. The first-order chi connectivity index (χ1) is 9.47. The topological polar surface area (TPSA) is 25.8 Å². The summed E-state index contributed by atoms with van der Waals surface area (Å²) in [4.78, 5) is 0. The van der Waals surface area contributed by atoms with Crippen molar-refractivity contribution in [3.63, 3.8) is 0 Å². The molecule has 0 aromatic carbocycles. The Hall–Kier alpha value is -1.76. The maximum Gasteiger partial charge on any atom is 0.435 e. The lowest BCUT2D eigenvalue weighted by atomic mass is 10.0. The average molecular weight is 352 g/mol. The Morgan fingerprint density at radius 2 is 0.636 bits per heavy atom. The molecule has 1 heterocycles. The fraction of sp³-hybridized carbons (Fsp3) is 0.500. The number of hydrogen-bond acceptors (Lipinski definition) is 2. The third kappa shape index (κ3) is 3.52. The second-order valence-corrected chi connectivity index (χ2v) is 3.64. The van der Waals surface area contributed by atoms with Gasteiger partial charge in [0.1, 0.15) is 11.1 Å². The van der Waals surface area contributed by atoms with Gasteiger partial charge in [-0.05, 0) is 0 Å². The predicted octanol–water partition coefficient (Wildman–Crippen LogP) is 4.55. The van der Waals surface area contributed by atoms with Crippen LogP contribution in [0.3, 0.4) is 0 Å². The quantitative estimate of drug-likeness (QED) is 0.640. The second-order valence-electron chi connectivity index (χ2n) is 3.64. The van der Waals surface area contributed by atoms with Crippen molar-refractivity contribution < 1.29 is 52.7 Å². The molecule has 1 aromatic heterocycles. The van der Waals surface area contributed by atoms with Gasteiger partial charge in [-0.1, -0.05) is 0 Å². The Bertz CT molecular complexity index is 510. The minimum Gasteiger partial charge on any atom is -0.166 e. The normalized spacial score (nSPS) is 14.4. The summed E-state index contributed by atoms with van der Waals surface area (Å²) in [7, 11) is 0. The van der Waals surface area contributed by atoms with Gasteiger partial charge in [-0.15, -0.1) is 10.2 Å². The summed E-state index contributed by atoms with van der Waals surface area (Å²) >= 11 is 0. The van der Waals surface area contributed by atoms with Crippen molar-refractivity contribution >= 4 is 0 Å². The Balaban J connectivity index is 4.02. The van der Waals surface area contributed by atoms with Crippen LogP contribution in [0.15, 0.2) is 0 Å². The fourth-order valence-electron chi connectivity index (χ4n) is 1.39. The highest BCUT2D eigenvalue weighted by atomic mass is 19.4. The van der Waals surface area contributed by atoms with E-state index in [1.54, 1.807) is 10.2 Å². The second kappa shape index (κ2) is 4.87. The van der Waals surface area contributed by atoms with Crippen molar-refractivity contribution in [3.8, 4) is 0 Å². The summed E-state index contributed by atoms with van der Waals surface area (Å²) < 4.78 is 149. The Kier molecular flexibility index (Phi) is 4.05. The summed E-state index contributed by atoms with van der Waals surface area (Å²) in [6.45, 7) is 0. The molecule has 22 heavy (non-hydrogen) atoms. The standard InChI is InChI=1S/C8F12N2/c9-5(10,11)1-2(6(12,13)14)4(8(18,19)20)22-21-3(1)7(15,16)17. The van der Waals surface area contributed by atoms with E-state index in [4.69, 9.17) is 0 Å². The van der Waals surface area contributed by atoms with Crippen molar-refractivity contribution in [2.45, 2.75) is 24.7 Å². The number of halogens is 12. The minimum atomic E-state index is -6.40. The fourth-order valence-corrected chi connectivity index (χ4v) is 1.39. The molecule has 0 aliphatic heterocycles. The molecule has 0 saturated heterocycles. The molecule has 2 nitrogen and oxygen atoms in total. The van der Waals surface area contributed by atoms with Crippen molar-refractivity contribution in [2.24, 2.45) is 0 Å². The van der Waals surface area contributed by atoms with E-state index in [1.807, 2.05) is 0 Å². The molecular weight excluding hydrogens is 352 g/mol. The van der Waals surface area contributed by atoms with Gasteiger partial charge in [-0.2, -0.15) is 52.7 Å². The molecule has 0 saturated carbocycles. The lowest BCUT2D eigenvalue weighted by Gasteiger charge is -2.22. The number of hydrogen-bond donors (Lipinski definition) is 0. The van der Waals surface area contributed by atoms with Gasteiger partial charge >= 0.3 is 24.7 Å². The SMILES string of the molecule is FC(F)(F)c1nnc(C(F)(F)F)c(C(F)(F)F)c1C(F)(F)F. The van der Waals surface area contributed by atoms with E-state index in [0.717, 1.165) is 0 Å². The van der Waals surface area contributed by atoms with E-state index in [9.17, 15) is 52.7 Å². The van der Waals surface area contributed by atoms with Gasteiger partial charge in [0.15, 0.2) is 11.4 Å². The lowest BCUT2D eigenvalue weighted by molar-refractivity contribution is -0.186. The molecule has 0 bridgehead atoms. The molecule has 0 aliphatic carbocycles. The van der Waals surface area contributed by atoms with E-state index in [2.05, 4.69) is 0 Å². The van der Waals surface area contributed by atoms with Crippen molar-refractivity contribution in [1.29, 1.82) is 0 Å². The van der Waals surface area contributed by atoms with Crippen molar-refractivity contribution in [2.75, 3.05) is 0 Å². The average Bonchev–Trinajstić information content (AvgIpc) is 2.22. The molecule has 0 aliphatic rings. The zero-order valence-corrected chi connectivity index (χ0v) is 9.43. The number of aromatic nitrogens is 2. The summed E-state index contributed by atoms with van der Waals surface area (Å²) in [5.74, 6) is 0. The Morgan fingerprint density at radius 3 is 0.773 bits per heavy atom. The molecule has 126 valence electrons. The zero-order chi connectivity index (χ0) is 17.7. The largest absolute Gasteiger partial charge is 0.435 e. The van der Waals surface area contributed by atoms with E-state index in [-0.39, 0.29) is 0 Å². The molecular formula is C8F12N2. The van der Waals surface area contributed by atoms with E-state index in [0.29, 0.717) is 0 Å². The molecule has 1 rings (SSSR count). The third-order valence-electron chi connectivity index (χ3n) is 2.08. The maximum atomic E-state index is 12.5. The monoisotopic (exact) mass is 352 g/mol. The van der Waals surface area contributed by atoms with Crippen LogP contribution in [0.2, 0.25) is 0 Å². The van der Waals surface area contributed by atoms with Crippen LogP contribution in [-0.2, 0) is 24.7 Å². The van der Waals surface area contributed by atoms with Gasteiger partial charge in [0.2, 0.25) is 0 Å². The van der Waals surface area contributed by atoms with Crippen LogP contribution < -0.4 is 0 Å². The van der Waals surface area contributed by atoms with Gasteiger partial charge in [0.05, 0.1) is 0 Å². The number of nitrogens with zero attached hydrogens (tertiary/aromatic N) is 2. The van der Waals surface area contributed by atoms with Crippen LogP contribution in [0.4, 0.5) is 52.7 Å². The lowest BCUT2D eigenvalue weighted by Crippen LogP contribution is -2.30. The van der Waals surface area contributed by atoms with Gasteiger partial charge in [0.25, 0.3) is 0 Å². The van der Waals surface area contributed by atoms with Crippen LogP contribution in [-0.4, -0.2) is 10.2 Å². The molecule has 0 radical (unpaired) electrons. The Morgan fingerprint density at radius 1 is 0.409 bits per heavy atom. The molecule has 0 spiro atoms. The van der Waals surface area contributed by atoms with Crippen LogP contribution >= 0.6 is 0 Å². The highest BCUT2D eigenvalue weighted by Gasteiger charge is 2.56. The predicted molar refractivity (Wildman–Crippen MR) is 42.0 cm³/mol. The number of rotatable bonds is 0. The third-order valence-corrected chi connectivity index (χ3v) is 2.08. The van der Waals surface area contributed by atoms with Gasteiger partial charge in [-0.25, -0.2) is 0 Å². The van der Waals surface area contributed by atoms with E-state index < -0.39 is 47.2 Å². The van der Waals surface area contributed by atoms with Crippen LogP contribution in [0.25, 0.3) is 0 Å². The number of alkyl halides is 12. The summed E-state index contributed by atoms with van der Waals surface area (Å²) in [5, 5.41) is 3.28. The maximum absolute atomic E-state index is 12.5. The molecule has 1 aromatic rings. The first-order valence-corrected chi connectivity index (χ1v) is 4.67. The van der Waals surface area contributed by atoms with Crippen molar-refractivity contribution in [3.05, 3.63) is 22.5 Å². The summed E-state index contributed by atoms with van der Waals surface area (Å²) in [5.41, 5.74) is -13.6. The van der Waals surface area contributed by atoms with E-state index in [1.165, 1.54) is 0 Å². The van der Waals surface area contributed by atoms with E-state index >= 15 is 0 Å². The first-order valence-electron chi connectivity index (χ1n) is 4.67. The molecule has 0 amide bonds. The van der Waals surface area contributed by atoms with Crippen molar-refractivity contribution in [1.82, 2.24) is 10.2 Å². The van der Waals surface area contributed by atoms with Gasteiger partial charge in [-0.3, -0.25) is 0 Å². The van der Waals surface area contributed by atoms with Crippen LogP contribution in [0.1, 0.15) is 22.5 Å².